The summed E-state index contributed by atoms with van der Waals surface area (Å²) in [5, 5.41) is 4.52. The van der Waals surface area contributed by atoms with Gasteiger partial charge in [-0.15, -0.1) is 11.3 Å². The zero-order valence-electron chi connectivity index (χ0n) is 12.1. The maximum absolute atomic E-state index is 12.1. The number of nitrogens with zero attached hydrogens (tertiary/aromatic N) is 1. The molecule has 0 unspecified atom stereocenters. The topological polar surface area (TPSA) is 68.3 Å². The summed E-state index contributed by atoms with van der Waals surface area (Å²) in [5.41, 5.74) is 3.05. The minimum absolute atomic E-state index is 0.183. The minimum Gasteiger partial charge on any atom is -0.461 e. The lowest BCUT2D eigenvalue weighted by Gasteiger charge is -2.07. The van der Waals surface area contributed by atoms with Crippen molar-refractivity contribution < 1.29 is 14.3 Å². The van der Waals surface area contributed by atoms with E-state index < -0.39 is 5.97 Å². The van der Waals surface area contributed by atoms with E-state index in [2.05, 4.69) is 10.3 Å². The fraction of sp³-hybridized carbons (Fsp3) is 0.267. The van der Waals surface area contributed by atoms with Gasteiger partial charge in [0.2, 0.25) is 5.01 Å². The number of nitrogens with one attached hydrogen (secondary N) is 1. The Morgan fingerprint density at radius 2 is 2.10 bits per heavy atom. The number of amides is 1. The summed E-state index contributed by atoms with van der Waals surface area (Å²) < 4.78 is 4.85. The summed E-state index contributed by atoms with van der Waals surface area (Å²) in [6, 6.07) is 5.76. The largest absolute Gasteiger partial charge is 0.461 e. The van der Waals surface area contributed by atoms with E-state index in [1.54, 1.807) is 12.3 Å². The zero-order valence-corrected chi connectivity index (χ0v) is 12.9. The SMILES string of the molecule is CCOC(=O)c1nc(C(=O)Nc2ccc(C)cc2C)cs1. The molecule has 6 heteroatoms. The highest BCUT2D eigenvalue weighted by atomic mass is 32.1. The van der Waals surface area contributed by atoms with Crippen LogP contribution in [0.3, 0.4) is 0 Å². The number of hydrogen-bond acceptors (Lipinski definition) is 5. The molecule has 0 aliphatic heterocycles. The third-order valence-corrected chi connectivity index (χ3v) is 3.64. The van der Waals surface area contributed by atoms with Crippen molar-refractivity contribution in [3.05, 3.63) is 45.4 Å². The van der Waals surface area contributed by atoms with Crippen LogP contribution in [0, 0.1) is 13.8 Å². The van der Waals surface area contributed by atoms with Crippen molar-refractivity contribution in [3.63, 3.8) is 0 Å². The Kier molecular flexibility index (Phi) is 4.70. The Hall–Kier alpha value is -2.21. The molecule has 1 heterocycles. The first kappa shape index (κ1) is 15.2. The predicted octanol–water partition coefficient (Wildman–Crippen LogP) is 3.19. The van der Waals surface area contributed by atoms with Crippen LogP contribution in [0.25, 0.3) is 0 Å². The molecule has 0 spiro atoms. The first-order valence-electron chi connectivity index (χ1n) is 6.52. The minimum atomic E-state index is -0.506. The van der Waals surface area contributed by atoms with E-state index in [-0.39, 0.29) is 23.2 Å². The van der Waals surface area contributed by atoms with Crippen LogP contribution in [0.15, 0.2) is 23.6 Å². The maximum atomic E-state index is 12.1. The van der Waals surface area contributed by atoms with Gasteiger partial charge in [-0.2, -0.15) is 0 Å². The van der Waals surface area contributed by atoms with Gasteiger partial charge < -0.3 is 10.1 Å². The number of benzene rings is 1. The van der Waals surface area contributed by atoms with Gasteiger partial charge in [0.05, 0.1) is 6.61 Å². The molecule has 1 N–H and O–H groups in total. The van der Waals surface area contributed by atoms with Crippen molar-refractivity contribution >= 4 is 28.9 Å². The highest BCUT2D eigenvalue weighted by Crippen LogP contribution is 2.18. The number of esters is 1. The Bertz CT molecular complexity index is 679. The second kappa shape index (κ2) is 6.49. The molecular weight excluding hydrogens is 288 g/mol. The van der Waals surface area contributed by atoms with Crippen molar-refractivity contribution in [3.8, 4) is 0 Å². The fourth-order valence-electron chi connectivity index (χ4n) is 1.80. The number of hydrogen-bond donors (Lipinski definition) is 1. The average Bonchev–Trinajstić information content (AvgIpc) is 2.92. The van der Waals surface area contributed by atoms with Crippen LogP contribution in [-0.2, 0) is 4.74 Å². The van der Waals surface area contributed by atoms with E-state index in [1.165, 1.54) is 0 Å². The molecule has 0 bridgehead atoms. The molecule has 0 radical (unpaired) electrons. The van der Waals surface area contributed by atoms with Crippen LogP contribution in [0.4, 0.5) is 5.69 Å². The van der Waals surface area contributed by atoms with Gasteiger partial charge in [-0.1, -0.05) is 17.7 Å². The van der Waals surface area contributed by atoms with Crippen molar-refractivity contribution in [2.45, 2.75) is 20.8 Å². The summed E-state index contributed by atoms with van der Waals surface area (Å²) in [6.45, 7) is 5.92. The van der Waals surface area contributed by atoms with Crippen LogP contribution >= 0.6 is 11.3 Å². The molecule has 0 fully saturated rings. The second-order valence-electron chi connectivity index (χ2n) is 4.53. The van der Waals surface area contributed by atoms with E-state index in [4.69, 9.17) is 4.74 Å². The second-order valence-corrected chi connectivity index (χ2v) is 5.39. The fourth-order valence-corrected chi connectivity index (χ4v) is 2.49. The Balaban J connectivity index is 2.12. The quantitative estimate of drug-likeness (QED) is 0.881. The van der Waals surface area contributed by atoms with Crippen molar-refractivity contribution in [1.29, 1.82) is 0 Å². The van der Waals surface area contributed by atoms with Crippen molar-refractivity contribution in [2.24, 2.45) is 0 Å². The van der Waals surface area contributed by atoms with Gasteiger partial charge >= 0.3 is 5.97 Å². The van der Waals surface area contributed by atoms with Gasteiger partial charge in [-0.05, 0) is 32.4 Å². The molecule has 2 aromatic rings. The van der Waals surface area contributed by atoms with E-state index in [9.17, 15) is 9.59 Å². The number of ether oxygens (including phenoxy) is 1. The molecule has 0 saturated heterocycles. The monoisotopic (exact) mass is 304 g/mol. The lowest BCUT2D eigenvalue weighted by molar-refractivity contribution is 0.0526. The highest BCUT2D eigenvalue weighted by Gasteiger charge is 2.16. The van der Waals surface area contributed by atoms with Crippen molar-refractivity contribution in [1.82, 2.24) is 4.98 Å². The lowest BCUT2D eigenvalue weighted by Crippen LogP contribution is -2.14. The van der Waals surface area contributed by atoms with E-state index in [0.29, 0.717) is 0 Å². The van der Waals surface area contributed by atoms with Gasteiger partial charge in [-0.25, -0.2) is 9.78 Å². The van der Waals surface area contributed by atoms with Gasteiger partial charge in [0.25, 0.3) is 5.91 Å². The van der Waals surface area contributed by atoms with Gasteiger partial charge in [0.1, 0.15) is 5.69 Å². The van der Waals surface area contributed by atoms with Gasteiger partial charge in [-0.3, -0.25) is 4.79 Å². The lowest BCUT2D eigenvalue weighted by atomic mass is 10.1. The summed E-state index contributed by atoms with van der Waals surface area (Å²) in [5.74, 6) is -0.846. The average molecular weight is 304 g/mol. The van der Waals surface area contributed by atoms with Crippen LogP contribution < -0.4 is 5.32 Å². The number of carbonyl (C=O) groups excluding carboxylic acids is 2. The number of thiazole rings is 1. The predicted molar refractivity (Wildman–Crippen MR) is 81.9 cm³/mol. The third-order valence-electron chi connectivity index (χ3n) is 2.82. The molecule has 0 saturated carbocycles. The Morgan fingerprint density at radius 3 is 2.76 bits per heavy atom. The molecule has 0 atom stereocenters. The molecule has 0 aliphatic carbocycles. The molecule has 1 aromatic carbocycles. The number of anilines is 1. The van der Waals surface area contributed by atoms with Crippen LogP contribution in [-0.4, -0.2) is 23.5 Å². The van der Waals surface area contributed by atoms with Crippen LogP contribution in [0.2, 0.25) is 0 Å². The zero-order chi connectivity index (χ0) is 15.4. The molecular formula is C15H16N2O3S. The molecule has 0 aliphatic rings. The smallest absolute Gasteiger partial charge is 0.367 e. The Morgan fingerprint density at radius 1 is 1.33 bits per heavy atom. The Labute approximate surface area is 127 Å². The third kappa shape index (κ3) is 3.66. The molecule has 1 amide bonds. The van der Waals surface area contributed by atoms with Gasteiger partial charge in [0.15, 0.2) is 0 Å². The number of rotatable bonds is 4. The summed E-state index contributed by atoms with van der Waals surface area (Å²) in [4.78, 5) is 27.7. The highest BCUT2D eigenvalue weighted by molar-refractivity contribution is 7.11. The van der Waals surface area contributed by atoms with Gasteiger partial charge in [0, 0.05) is 11.1 Å². The molecule has 2 rings (SSSR count). The van der Waals surface area contributed by atoms with E-state index in [1.807, 2.05) is 32.0 Å². The van der Waals surface area contributed by atoms with Crippen LogP contribution in [0.1, 0.15) is 38.3 Å². The van der Waals surface area contributed by atoms with E-state index in [0.717, 1.165) is 28.2 Å². The number of aromatic nitrogens is 1. The summed E-state index contributed by atoms with van der Waals surface area (Å²) in [7, 11) is 0. The molecule has 110 valence electrons. The maximum Gasteiger partial charge on any atom is 0.367 e. The first-order chi connectivity index (χ1) is 10.0. The van der Waals surface area contributed by atoms with Crippen LogP contribution in [0.5, 0.6) is 0 Å². The number of carbonyl (C=O) groups is 2. The molecule has 5 nitrogen and oxygen atoms in total. The molecule has 1 aromatic heterocycles. The normalized spacial score (nSPS) is 10.2. The first-order valence-corrected chi connectivity index (χ1v) is 7.40. The van der Waals surface area contributed by atoms with E-state index >= 15 is 0 Å². The number of aryl methyl sites for hydroxylation is 2. The standard InChI is InChI=1S/C15H16N2O3S/c1-4-20-15(19)14-17-12(8-21-14)13(18)16-11-6-5-9(2)7-10(11)3/h5-8H,4H2,1-3H3,(H,16,18). The summed E-state index contributed by atoms with van der Waals surface area (Å²) >= 11 is 1.10. The summed E-state index contributed by atoms with van der Waals surface area (Å²) in [6.07, 6.45) is 0. The van der Waals surface area contributed by atoms with Crippen molar-refractivity contribution in [2.75, 3.05) is 11.9 Å². The molecule has 21 heavy (non-hydrogen) atoms.